The number of anilines is 1. The number of ether oxygens (including phenoxy) is 1. The Labute approximate surface area is 191 Å². The molecule has 33 heavy (non-hydrogen) atoms. The third kappa shape index (κ3) is 5.49. The molecule has 1 heterocycles. The second-order valence-electron chi connectivity index (χ2n) is 9.06. The van der Waals surface area contributed by atoms with Crippen molar-refractivity contribution in [2.24, 2.45) is 0 Å². The molecular weight excluding hydrogens is 435 g/mol. The lowest BCUT2D eigenvalue weighted by atomic mass is 9.75. The number of alkyl halides is 3. The van der Waals surface area contributed by atoms with Gasteiger partial charge in [0, 0.05) is 36.1 Å². The molecule has 0 saturated carbocycles. The molecule has 0 atom stereocenters. The van der Waals surface area contributed by atoms with Gasteiger partial charge in [0.2, 0.25) is 5.91 Å². The van der Waals surface area contributed by atoms with Crippen LogP contribution >= 0.6 is 0 Å². The van der Waals surface area contributed by atoms with Gasteiger partial charge in [-0.05, 0) is 60.2 Å². The van der Waals surface area contributed by atoms with Gasteiger partial charge in [-0.1, -0.05) is 32.9 Å². The summed E-state index contributed by atoms with van der Waals surface area (Å²) in [6.45, 7) is 8.25. The minimum Gasteiger partial charge on any atom is -0.481 e. The zero-order valence-corrected chi connectivity index (χ0v) is 19.2. The second-order valence-corrected chi connectivity index (χ2v) is 9.06. The molecule has 178 valence electrons. The molecule has 0 spiro atoms. The Balaban J connectivity index is 2.21. The van der Waals surface area contributed by atoms with Gasteiger partial charge in [-0.2, -0.15) is 0 Å². The first kappa shape index (κ1) is 24.6. The monoisotopic (exact) mass is 463 g/mol. The molecule has 8 heteroatoms. The molecule has 1 aliphatic heterocycles. The maximum absolute atomic E-state index is 13.1. The fourth-order valence-corrected chi connectivity index (χ4v) is 4.33. The highest BCUT2D eigenvalue weighted by molar-refractivity contribution is 5.99. The molecule has 1 N–H and O–H groups in total. The number of carboxylic acids is 1. The number of carboxylic acid groups (broad SMARTS) is 1. The SMILES string of the molecule is CCCN1C(=O)CC(C)(C)c2cc(C)c(-c3cc(CCC(=O)O)ccc3OC(F)(F)F)cc21. The number of aliphatic carboxylic acids is 1. The van der Waals surface area contributed by atoms with Crippen LogP contribution in [0.25, 0.3) is 11.1 Å². The van der Waals surface area contributed by atoms with Crippen LogP contribution in [0.5, 0.6) is 5.75 Å². The van der Waals surface area contributed by atoms with Crippen molar-refractivity contribution in [3.05, 3.63) is 47.0 Å². The van der Waals surface area contributed by atoms with Crippen molar-refractivity contribution in [1.29, 1.82) is 0 Å². The van der Waals surface area contributed by atoms with Crippen LogP contribution in [0.4, 0.5) is 18.9 Å². The van der Waals surface area contributed by atoms with Gasteiger partial charge >= 0.3 is 12.3 Å². The molecule has 0 radical (unpaired) electrons. The largest absolute Gasteiger partial charge is 0.573 e. The zero-order valence-electron chi connectivity index (χ0n) is 19.2. The first-order chi connectivity index (χ1) is 15.3. The van der Waals surface area contributed by atoms with Crippen LogP contribution in [0.2, 0.25) is 0 Å². The van der Waals surface area contributed by atoms with E-state index in [1.165, 1.54) is 12.1 Å². The van der Waals surface area contributed by atoms with Gasteiger partial charge in [0.05, 0.1) is 0 Å². The Morgan fingerprint density at radius 2 is 1.88 bits per heavy atom. The lowest BCUT2D eigenvalue weighted by molar-refractivity contribution is -0.274. The third-order valence-corrected chi connectivity index (χ3v) is 5.89. The molecule has 0 bridgehead atoms. The van der Waals surface area contributed by atoms with Gasteiger partial charge in [0.1, 0.15) is 5.75 Å². The molecule has 5 nitrogen and oxygen atoms in total. The van der Waals surface area contributed by atoms with Gasteiger partial charge in [0.25, 0.3) is 0 Å². The number of hydrogen-bond donors (Lipinski definition) is 1. The minimum absolute atomic E-state index is 0.0221. The van der Waals surface area contributed by atoms with Crippen LogP contribution in [-0.2, 0) is 21.4 Å². The highest BCUT2D eigenvalue weighted by Crippen LogP contribution is 2.45. The molecule has 1 amide bonds. The molecule has 0 unspecified atom stereocenters. The molecule has 0 aromatic heterocycles. The van der Waals surface area contributed by atoms with Gasteiger partial charge in [-0.25, -0.2) is 0 Å². The van der Waals surface area contributed by atoms with Crippen LogP contribution in [0.1, 0.15) is 56.7 Å². The van der Waals surface area contributed by atoms with Crippen molar-refractivity contribution < 1.29 is 32.6 Å². The summed E-state index contributed by atoms with van der Waals surface area (Å²) in [4.78, 5) is 25.5. The van der Waals surface area contributed by atoms with E-state index in [0.29, 0.717) is 29.8 Å². The highest BCUT2D eigenvalue weighted by atomic mass is 19.4. The summed E-state index contributed by atoms with van der Waals surface area (Å²) in [6.07, 6.45) is -3.76. The Hall–Kier alpha value is -3.03. The topological polar surface area (TPSA) is 66.8 Å². The summed E-state index contributed by atoms with van der Waals surface area (Å²) in [5.74, 6) is -1.38. The minimum atomic E-state index is -4.88. The molecule has 2 aromatic carbocycles. The van der Waals surface area contributed by atoms with Crippen molar-refractivity contribution in [2.45, 2.75) is 65.2 Å². The van der Waals surface area contributed by atoms with Crippen LogP contribution < -0.4 is 9.64 Å². The molecule has 0 fully saturated rings. The average Bonchev–Trinajstić information content (AvgIpc) is 2.69. The van der Waals surface area contributed by atoms with Gasteiger partial charge in [-0.3, -0.25) is 9.59 Å². The van der Waals surface area contributed by atoms with Crippen molar-refractivity contribution >= 4 is 17.6 Å². The van der Waals surface area contributed by atoms with E-state index in [2.05, 4.69) is 4.74 Å². The van der Waals surface area contributed by atoms with Crippen LogP contribution in [-0.4, -0.2) is 29.9 Å². The number of aryl methyl sites for hydroxylation is 2. The van der Waals surface area contributed by atoms with E-state index in [-0.39, 0.29) is 30.1 Å². The van der Waals surface area contributed by atoms with E-state index in [4.69, 9.17) is 5.11 Å². The fraction of sp³-hybridized carbons (Fsp3) is 0.440. The van der Waals surface area contributed by atoms with Gasteiger partial charge in [-0.15, -0.1) is 13.2 Å². The number of carbonyl (C=O) groups is 2. The number of rotatable bonds is 7. The van der Waals surface area contributed by atoms with E-state index in [1.54, 1.807) is 17.0 Å². The summed E-state index contributed by atoms with van der Waals surface area (Å²) in [7, 11) is 0. The first-order valence-electron chi connectivity index (χ1n) is 10.9. The third-order valence-electron chi connectivity index (χ3n) is 5.89. The van der Waals surface area contributed by atoms with Crippen molar-refractivity contribution in [3.63, 3.8) is 0 Å². The number of carbonyl (C=O) groups excluding carboxylic acids is 1. The van der Waals surface area contributed by atoms with E-state index < -0.39 is 17.7 Å². The fourth-order valence-electron chi connectivity index (χ4n) is 4.33. The molecular formula is C25H28F3NO4. The molecule has 0 aliphatic carbocycles. The van der Waals surface area contributed by atoms with Crippen molar-refractivity contribution in [3.8, 4) is 16.9 Å². The number of halogens is 3. The summed E-state index contributed by atoms with van der Waals surface area (Å²) >= 11 is 0. The summed E-state index contributed by atoms with van der Waals surface area (Å²) in [5.41, 5.74) is 3.30. The lowest BCUT2D eigenvalue weighted by Crippen LogP contribution is -2.42. The standard InChI is InChI=1S/C25H28F3NO4/c1-5-10-29-20-13-17(15(2)11-19(20)24(3,4)14-22(29)30)18-12-16(7-9-23(31)32)6-8-21(18)33-25(26,27)28/h6,8,11-13H,5,7,9-10,14H2,1-4H3,(H,31,32). The summed E-state index contributed by atoms with van der Waals surface area (Å²) in [5, 5.41) is 8.99. The quantitative estimate of drug-likeness (QED) is 0.547. The second kappa shape index (κ2) is 9.08. The Morgan fingerprint density at radius 3 is 2.48 bits per heavy atom. The first-order valence-corrected chi connectivity index (χ1v) is 10.9. The Morgan fingerprint density at radius 1 is 1.18 bits per heavy atom. The van der Waals surface area contributed by atoms with Gasteiger partial charge in [0.15, 0.2) is 0 Å². The number of fused-ring (bicyclic) bond motifs is 1. The maximum Gasteiger partial charge on any atom is 0.573 e. The van der Waals surface area contributed by atoms with Crippen LogP contribution in [0, 0.1) is 6.92 Å². The molecule has 0 saturated heterocycles. The predicted molar refractivity (Wildman–Crippen MR) is 120 cm³/mol. The van der Waals surface area contributed by atoms with Crippen molar-refractivity contribution in [2.75, 3.05) is 11.4 Å². The van der Waals surface area contributed by atoms with Crippen LogP contribution in [0.15, 0.2) is 30.3 Å². The predicted octanol–water partition coefficient (Wildman–Crippen LogP) is 6.00. The highest BCUT2D eigenvalue weighted by Gasteiger charge is 2.37. The summed E-state index contributed by atoms with van der Waals surface area (Å²) in [6, 6.07) is 7.90. The number of hydrogen-bond acceptors (Lipinski definition) is 3. The molecule has 3 rings (SSSR count). The number of benzene rings is 2. The average molecular weight is 463 g/mol. The van der Waals surface area contributed by atoms with E-state index in [0.717, 1.165) is 17.5 Å². The molecule has 1 aliphatic rings. The molecule has 2 aromatic rings. The normalized spacial score (nSPS) is 15.4. The van der Waals surface area contributed by atoms with E-state index in [1.807, 2.05) is 33.8 Å². The maximum atomic E-state index is 13.1. The van der Waals surface area contributed by atoms with E-state index >= 15 is 0 Å². The van der Waals surface area contributed by atoms with Crippen LogP contribution in [0.3, 0.4) is 0 Å². The number of nitrogens with zero attached hydrogens (tertiary/aromatic N) is 1. The number of amides is 1. The Kier molecular flexibility index (Phi) is 6.77. The van der Waals surface area contributed by atoms with Gasteiger partial charge < -0.3 is 14.7 Å². The smallest absolute Gasteiger partial charge is 0.481 e. The summed E-state index contributed by atoms with van der Waals surface area (Å²) < 4.78 is 43.7. The lowest BCUT2D eigenvalue weighted by Gasteiger charge is -2.39. The zero-order chi connectivity index (χ0) is 24.6. The van der Waals surface area contributed by atoms with Crippen molar-refractivity contribution in [1.82, 2.24) is 0 Å². The Bertz CT molecular complexity index is 1080. The van der Waals surface area contributed by atoms with E-state index in [9.17, 15) is 22.8 Å².